The van der Waals surface area contributed by atoms with Gasteiger partial charge in [0.05, 0.1) is 28.9 Å². The predicted octanol–water partition coefficient (Wildman–Crippen LogP) is 2.59. The summed E-state index contributed by atoms with van der Waals surface area (Å²) in [5.41, 5.74) is 3.43. The first-order valence-electron chi connectivity index (χ1n) is 8.76. The van der Waals surface area contributed by atoms with E-state index in [4.69, 9.17) is 0 Å². The molecule has 136 valence electrons. The molecule has 0 saturated carbocycles. The number of nitrogens with zero attached hydrogens (tertiary/aromatic N) is 4. The Hall–Kier alpha value is -3.87. The molecule has 3 heterocycles. The van der Waals surface area contributed by atoms with Crippen LogP contribution in [0.2, 0.25) is 0 Å². The third-order valence-electron chi connectivity index (χ3n) is 5.11. The first kappa shape index (κ1) is 16.3. The van der Waals surface area contributed by atoms with Gasteiger partial charge in [0, 0.05) is 12.6 Å². The molecule has 0 bridgehead atoms. The number of benzene rings is 2. The molecule has 3 aromatic rings. The number of fused-ring (bicyclic) bond motifs is 3. The summed E-state index contributed by atoms with van der Waals surface area (Å²) in [6.45, 7) is 0. The van der Waals surface area contributed by atoms with Crippen molar-refractivity contribution in [1.29, 1.82) is 0 Å². The van der Waals surface area contributed by atoms with Crippen molar-refractivity contribution in [3.63, 3.8) is 0 Å². The first-order chi connectivity index (χ1) is 13.6. The molecule has 0 N–H and O–H groups in total. The van der Waals surface area contributed by atoms with E-state index in [0.29, 0.717) is 33.9 Å². The summed E-state index contributed by atoms with van der Waals surface area (Å²) < 4.78 is 0. The van der Waals surface area contributed by atoms with Crippen LogP contribution in [0.4, 0.5) is 11.5 Å². The number of amides is 3. The van der Waals surface area contributed by atoms with Gasteiger partial charge in [0.2, 0.25) is 5.91 Å². The zero-order valence-corrected chi connectivity index (χ0v) is 14.9. The van der Waals surface area contributed by atoms with E-state index in [9.17, 15) is 14.4 Å². The Labute approximate surface area is 160 Å². The number of hydrogen-bond donors (Lipinski definition) is 0. The van der Waals surface area contributed by atoms with Crippen LogP contribution >= 0.6 is 0 Å². The van der Waals surface area contributed by atoms with E-state index in [2.05, 4.69) is 10.2 Å². The number of carbonyl (C=O) groups is 3. The number of anilines is 2. The topological polar surface area (TPSA) is 83.5 Å². The fourth-order valence-electron chi connectivity index (χ4n) is 3.71. The van der Waals surface area contributed by atoms with Crippen molar-refractivity contribution in [3.8, 4) is 11.3 Å². The highest BCUT2D eigenvalue weighted by Gasteiger charge is 2.41. The largest absolute Gasteiger partial charge is 0.277 e. The van der Waals surface area contributed by atoms with Gasteiger partial charge in [0.1, 0.15) is 0 Å². The smallest absolute Gasteiger partial charge is 0.261 e. The highest BCUT2D eigenvalue weighted by molar-refractivity contribution is 6.24. The lowest BCUT2D eigenvalue weighted by Gasteiger charge is -2.16. The molecule has 2 aliphatic heterocycles. The van der Waals surface area contributed by atoms with Gasteiger partial charge in [-0.15, -0.1) is 10.2 Å². The minimum atomic E-state index is -0.378. The fraction of sp³-hybridized carbons (Fsp3) is 0.0952. The zero-order valence-electron chi connectivity index (χ0n) is 14.9. The molecule has 7 nitrogen and oxygen atoms in total. The second-order valence-corrected chi connectivity index (χ2v) is 6.70. The monoisotopic (exact) mass is 370 g/mol. The lowest BCUT2D eigenvalue weighted by Crippen LogP contribution is -2.24. The summed E-state index contributed by atoms with van der Waals surface area (Å²) >= 11 is 0. The first-order valence-corrected chi connectivity index (χ1v) is 8.76. The van der Waals surface area contributed by atoms with Crippen LogP contribution in [-0.2, 0) is 11.2 Å². The highest BCUT2D eigenvalue weighted by atomic mass is 16.2. The molecule has 0 atom stereocenters. The van der Waals surface area contributed by atoms with E-state index in [1.165, 1.54) is 11.9 Å². The van der Waals surface area contributed by atoms with E-state index >= 15 is 0 Å². The molecule has 2 aromatic carbocycles. The molecule has 28 heavy (non-hydrogen) atoms. The third kappa shape index (κ3) is 2.19. The van der Waals surface area contributed by atoms with Crippen LogP contribution in [0.1, 0.15) is 26.3 Å². The minimum absolute atomic E-state index is 0.0491. The predicted molar refractivity (Wildman–Crippen MR) is 101 cm³/mol. The molecule has 0 spiro atoms. The van der Waals surface area contributed by atoms with Gasteiger partial charge in [-0.25, -0.2) is 0 Å². The van der Waals surface area contributed by atoms with Crippen LogP contribution in [0.3, 0.4) is 0 Å². The van der Waals surface area contributed by atoms with Crippen molar-refractivity contribution in [3.05, 3.63) is 71.3 Å². The summed E-state index contributed by atoms with van der Waals surface area (Å²) in [4.78, 5) is 39.9. The Morgan fingerprint density at radius 2 is 1.64 bits per heavy atom. The maximum atomic E-state index is 12.7. The van der Waals surface area contributed by atoms with E-state index in [0.717, 1.165) is 10.5 Å². The molecule has 0 unspecified atom stereocenters. The van der Waals surface area contributed by atoms with Crippen molar-refractivity contribution >= 4 is 29.2 Å². The van der Waals surface area contributed by atoms with Gasteiger partial charge < -0.3 is 0 Å². The average molecular weight is 370 g/mol. The third-order valence-corrected chi connectivity index (χ3v) is 5.11. The second-order valence-electron chi connectivity index (χ2n) is 6.70. The SMILES string of the molecule is CN1C(=O)c2ccc3c(c2C1=O)CC(=O)N3c1ccc(-c2ccccc2)nn1. The Balaban J connectivity index is 1.57. The zero-order chi connectivity index (χ0) is 19.4. The lowest BCUT2D eigenvalue weighted by molar-refractivity contribution is -0.116. The summed E-state index contributed by atoms with van der Waals surface area (Å²) in [7, 11) is 1.44. The van der Waals surface area contributed by atoms with Crippen LogP contribution in [0.5, 0.6) is 0 Å². The Morgan fingerprint density at radius 1 is 0.857 bits per heavy atom. The van der Waals surface area contributed by atoms with Gasteiger partial charge in [-0.05, 0) is 29.8 Å². The maximum Gasteiger partial charge on any atom is 0.261 e. The second kappa shape index (κ2) is 5.82. The maximum absolute atomic E-state index is 12.7. The molecule has 3 amide bonds. The Morgan fingerprint density at radius 3 is 2.36 bits per heavy atom. The fourth-order valence-corrected chi connectivity index (χ4v) is 3.71. The molecule has 5 rings (SSSR count). The number of hydrogen-bond acceptors (Lipinski definition) is 5. The van der Waals surface area contributed by atoms with Gasteiger partial charge in [0.25, 0.3) is 11.8 Å². The normalized spacial score (nSPS) is 15.2. The summed E-state index contributed by atoms with van der Waals surface area (Å²) in [6.07, 6.45) is 0.0491. The summed E-state index contributed by atoms with van der Waals surface area (Å²) in [6, 6.07) is 16.4. The van der Waals surface area contributed by atoms with Gasteiger partial charge >= 0.3 is 0 Å². The van der Waals surface area contributed by atoms with Crippen LogP contribution in [0.15, 0.2) is 54.6 Å². The highest BCUT2D eigenvalue weighted by Crippen LogP contribution is 2.40. The molecule has 2 aliphatic rings. The average Bonchev–Trinajstić information content (AvgIpc) is 3.18. The lowest BCUT2D eigenvalue weighted by atomic mass is 10.0. The van der Waals surface area contributed by atoms with Gasteiger partial charge in [-0.3, -0.25) is 24.2 Å². The molecular formula is C21H14N4O3. The van der Waals surface area contributed by atoms with Crippen molar-refractivity contribution < 1.29 is 14.4 Å². The van der Waals surface area contributed by atoms with Crippen LogP contribution in [0, 0.1) is 0 Å². The molecule has 0 saturated heterocycles. The standard InChI is InChI=1S/C21H14N4O3/c1-24-20(27)13-7-9-16-14(19(13)21(24)28)11-18(26)25(16)17-10-8-15(22-23-17)12-5-3-2-4-6-12/h2-10H,11H2,1H3. The molecular weight excluding hydrogens is 356 g/mol. The molecule has 7 heteroatoms. The number of imide groups is 1. The van der Waals surface area contributed by atoms with Crippen LogP contribution in [0.25, 0.3) is 11.3 Å². The van der Waals surface area contributed by atoms with Crippen LogP contribution in [-0.4, -0.2) is 39.9 Å². The van der Waals surface area contributed by atoms with Crippen molar-refractivity contribution in [2.24, 2.45) is 0 Å². The molecule has 0 fully saturated rings. The quantitative estimate of drug-likeness (QED) is 0.648. The van der Waals surface area contributed by atoms with Gasteiger partial charge in [-0.2, -0.15) is 0 Å². The Bertz CT molecular complexity index is 1160. The molecule has 0 radical (unpaired) electrons. The van der Waals surface area contributed by atoms with Crippen LogP contribution < -0.4 is 4.90 Å². The Kier molecular flexibility index (Phi) is 3.39. The van der Waals surface area contributed by atoms with E-state index < -0.39 is 0 Å². The summed E-state index contributed by atoms with van der Waals surface area (Å²) in [5.74, 6) is -0.550. The molecule has 0 aliphatic carbocycles. The summed E-state index contributed by atoms with van der Waals surface area (Å²) in [5, 5.41) is 8.46. The van der Waals surface area contributed by atoms with Crippen molar-refractivity contribution in [1.82, 2.24) is 15.1 Å². The number of carbonyl (C=O) groups excluding carboxylic acids is 3. The minimum Gasteiger partial charge on any atom is -0.277 e. The van der Waals surface area contributed by atoms with Crippen molar-refractivity contribution in [2.45, 2.75) is 6.42 Å². The van der Waals surface area contributed by atoms with Gasteiger partial charge in [0.15, 0.2) is 5.82 Å². The van der Waals surface area contributed by atoms with Crippen molar-refractivity contribution in [2.75, 3.05) is 11.9 Å². The number of aromatic nitrogens is 2. The van der Waals surface area contributed by atoms with E-state index in [-0.39, 0.29) is 24.1 Å². The van der Waals surface area contributed by atoms with E-state index in [1.54, 1.807) is 24.3 Å². The number of rotatable bonds is 2. The van der Waals surface area contributed by atoms with E-state index in [1.807, 2.05) is 30.3 Å². The molecule has 1 aromatic heterocycles. The van der Waals surface area contributed by atoms with Gasteiger partial charge in [-0.1, -0.05) is 30.3 Å².